The Labute approximate surface area is 209 Å². The summed E-state index contributed by atoms with van der Waals surface area (Å²) in [6.45, 7) is 4.27. The first-order chi connectivity index (χ1) is 16.2. The van der Waals surface area contributed by atoms with E-state index >= 15 is 0 Å². The van der Waals surface area contributed by atoms with E-state index in [1.54, 1.807) is 23.6 Å². The first-order valence-corrected chi connectivity index (χ1v) is 11.8. The molecular formula is C21H20Cl2N6O4S. The zero-order valence-electron chi connectivity index (χ0n) is 18.2. The number of nitro groups is 1. The quantitative estimate of drug-likeness (QED) is 0.240. The van der Waals surface area contributed by atoms with Crippen LogP contribution in [0.5, 0.6) is 0 Å². The number of carbonyl (C=O) groups is 2. The van der Waals surface area contributed by atoms with Crippen molar-refractivity contribution < 1.29 is 14.5 Å². The van der Waals surface area contributed by atoms with Crippen molar-refractivity contribution in [2.45, 2.75) is 32.1 Å². The van der Waals surface area contributed by atoms with Crippen LogP contribution >= 0.6 is 35.0 Å². The number of anilines is 1. The molecule has 10 nitrogen and oxygen atoms in total. The van der Waals surface area contributed by atoms with Gasteiger partial charge in [0, 0.05) is 23.7 Å². The molecule has 13 heteroatoms. The molecule has 0 fully saturated rings. The molecular weight excluding hydrogens is 503 g/mol. The highest BCUT2D eigenvalue weighted by molar-refractivity contribution is 7.99. The van der Waals surface area contributed by atoms with Gasteiger partial charge in [-0.05, 0) is 37.6 Å². The van der Waals surface area contributed by atoms with Crippen LogP contribution in [-0.2, 0) is 17.9 Å². The van der Waals surface area contributed by atoms with Crippen molar-refractivity contribution in [3.63, 3.8) is 0 Å². The molecule has 2 N–H and O–H groups in total. The second-order valence-corrected chi connectivity index (χ2v) is 8.83. The number of aryl methyl sites for hydroxylation is 1. The van der Waals surface area contributed by atoms with Crippen LogP contribution in [0.2, 0.25) is 10.0 Å². The molecule has 2 aromatic carbocycles. The summed E-state index contributed by atoms with van der Waals surface area (Å²) in [4.78, 5) is 35.3. The molecule has 0 saturated heterocycles. The third-order valence-corrected chi connectivity index (χ3v) is 6.25. The number of aromatic nitrogens is 3. The number of non-ortho nitro benzene ring substituents is 1. The molecule has 0 atom stereocenters. The van der Waals surface area contributed by atoms with Gasteiger partial charge in [-0.1, -0.05) is 41.0 Å². The summed E-state index contributed by atoms with van der Waals surface area (Å²) in [5.41, 5.74) is 1.27. The predicted molar refractivity (Wildman–Crippen MR) is 131 cm³/mol. The van der Waals surface area contributed by atoms with E-state index in [9.17, 15) is 19.7 Å². The SMILES string of the molecule is CCn1c(CNC(=O)c2ccc(Cl)cc2Cl)nnc1SCC(=O)Nc1cc([N+](=O)[O-])ccc1C. The molecule has 0 radical (unpaired) electrons. The first kappa shape index (κ1) is 25.5. The molecule has 3 aromatic rings. The molecule has 0 aliphatic carbocycles. The van der Waals surface area contributed by atoms with Gasteiger partial charge in [-0.25, -0.2) is 0 Å². The molecule has 1 heterocycles. The Morgan fingerprint density at radius 1 is 1.18 bits per heavy atom. The average Bonchev–Trinajstić information content (AvgIpc) is 3.19. The molecule has 178 valence electrons. The zero-order chi connectivity index (χ0) is 24.8. The number of nitrogens with zero attached hydrogens (tertiary/aromatic N) is 4. The number of halogens is 2. The minimum absolute atomic E-state index is 0.0208. The maximum absolute atomic E-state index is 12.4. The lowest BCUT2D eigenvalue weighted by atomic mass is 10.2. The molecule has 0 aliphatic rings. The maximum atomic E-state index is 12.4. The van der Waals surface area contributed by atoms with Gasteiger partial charge in [0.05, 0.1) is 33.5 Å². The number of carbonyl (C=O) groups excluding carboxylic acids is 2. The zero-order valence-corrected chi connectivity index (χ0v) is 20.5. The predicted octanol–water partition coefficient (Wildman–Crippen LogP) is 4.48. The van der Waals surface area contributed by atoms with Crippen LogP contribution in [0.15, 0.2) is 41.6 Å². The van der Waals surface area contributed by atoms with Gasteiger partial charge in [0.1, 0.15) is 0 Å². The number of rotatable bonds is 9. The summed E-state index contributed by atoms with van der Waals surface area (Å²) in [5.74, 6) is -0.189. The second-order valence-electron chi connectivity index (χ2n) is 7.04. The summed E-state index contributed by atoms with van der Waals surface area (Å²) < 4.78 is 1.78. The third kappa shape index (κ3) is 6.25. The van der Waals surface area contributed by atoms with Crippen LogP contribution in [0.3, 0.4) is 0 Å². The van der Waals surface area contributed by atoms with Crippen molar-refractivity contribution in [2.75, 3.05) is 11.1 Å². The fourth-order valence-electron chi connectivity index (χ4n) is 2.98. The van der Waals surface area contributed by atoms with E-state index in [0.717, 1.165) is 0 Å². The largest absolute Gasteiger partial charge is 0.345 e. The van der Waals surface area contributed by atoms with E-state index in [4.69, 9.17) is 23.2 Å². The normalized spacial score (nSPS) is 10.7. The first-order valence-electron chi connectivity index (χ1n) is 10.0. The number of hydrogen-bond donors (Lipinski definition) is 2. The molecule has 2 amide bonds. The van der Waals surface area contributed by atoms with Gasteiger partial charge in [-0.2, -0.15) is 0 Å². The Morgan fingerprint density at radius 2 is 1.94 bits per heavy atom. The van der Waals surface area contributed by atoms with Crippen LogP contribution in [-0.4, -0.2) is 37.3 Å². The van der Waals surface area contributed by atoms with Gasteiger partial charge in [0.2, 0.25) is 5.91 Å². The maximum Gasteiger partial charge on any atom is 0.271 e. The number of amides is 2. The Bertz CT molecular complexity index is 1250. The summed E-state index contributed by atoms with van der Waals surface area (Å²) in [6, 6.07) is 8.87. The van der Waals surface area contributed by atoms with Crippen molar-refractivity contribution in [3.05, 3.63) is 73.5 Å². The fraction of sp³-hybridized carbons (Fsp3) is 0.238. The number of nitrogens with one attached hydrogen (secondary N) is 2. The molecule has 3 rings (SSSR count). The van der Waals surface area contributed by atoms with Crippen molar-refractivity contribution in [1.29, 1.82) is 0 Å². The number of hydrogen-bond acceptors (Lipinski definition) is 7. The van der Waals surface area contributed by atoms with Crippen LogP contribution in [0.25, 0.3) is 0 Å². The van der Waals surface area contributed by atoms with Gasteiger partial charge in [-0.3, -0.25) is 19.7 Å². The molecule has 34 heavy (non-hydrogen) atoms. The Hall–Kier alpha value is -3.15. The Balaban J connectivity index is 1.61. The topological polar surface area (TPSA) is 132 Å². The van der Waals surface area contributed by atoms with E-state index < -0.39 is 4.92 Å². The monoisotopic (exact) mass is 522 g/mol. The molecule has 1 aromatic heterocycles. The lowest BCUT2D eigenvalue weighted by Gasteiger charge is -2.10. The molecule has 0 bridgehead atoms. The molecule has 0 unspecified atom stereocenters. The highest BCUT2D eigenvalue weighted by atomic mass is 35.5. The van der Waals surface area contributed by atoms with Gasteiger partial charge < -0.3 is 15.2 Å². The number of benzene rings is 2. The summed E-state index contributed by atoms with van der Waals surface area (Å²) in [7, 11) is 0. The fourth-order valence-corrected chi connectivity index (χ4v) is 4.29. The van der Waals surface area contributed by atoms with Crippen LogP contribution in [0, 0.1) is 17.0 Å². The van der Waals surface area contributed by atoms with Crippen molar-refractivity contribution in [1.82, 2.24) is 20.1 Å². The van der Waals surface area contributed by atoms with Gasteiger partial charge >= 0.3 is 0 Å². The van der Waals surface area contributed by atoms with Gasteiger partial charge in [0.25, 0.3) is 11.6 Å². The van der Waals surface area contributed by atoms with E-state index in [1.165, 1.54) is 36.0 Å². The van der Waals surface area contributed by atoms with E-state index in [2.05, 4.69) is 20.8 Å². The van der Waals surface area contributed by atoms with Crippen molar-refractivity contribution >= 4 is 58.2 Å². The average molecular weight is 523 g/mol. The lowest BCUT2D eigenvalue weighted by Crippen LogP contribution is -2.25. The highest BCUT2D eigenvalue weighted by Crippen LogP contribution is 2.24. The van der Waals surface area contributed by atoms with E-state index in [-0.39, 0.29) is 40.4 Å². The van der Waals surface area contributed by atoms with E-state index in [0.29, 0.717) is 33.8 Å². The smallest absolute Gasteiger partial charge is 0.271 e. The standard InChI is InChI=1S/C21H20Cl2N6O4S/c1-3-28-18(10-24-20(31)15-7-5-13(22)8-16(15)23)26-27-21(28)34-11-19(30)25-17-9-14(29(32)33)6-4-12(17)2/h4-9H,3,10-11H2,1-2H3,(H,24,31)(H,25,30). The molecule has 0 spiro atoms. The summed E-state index contributed by atoms with van der Waals surface area (Å²) in [5, 5.41) is 25.8. The van der Waals surface area contributed by atoms with Gasteiger partial charge in [-0.15, -0.1) is 10.2 Å². The lowest BCUT2D eigenvalue weighted by molar-refractivity contribution is -0.384. The van der Waals surface area contributed by atoms with Crippen molar-refractivity contribution in [2.24, 2.45) is 0 Å². The molecule has 0 aliphatic heterocycles. The Morgan fingerprint density at radius 3 is 2.62 bits per heavy atom. The van der Waals surface area contributed by atoms with E-state index in [1.807, 2.05) is 6.92 Å². The number of nitro benzene ring substituents is 1. The van der Waals surface area contributed by atoms with Crippen LogP contribution < -0.4 is 10.6 Å². The minimum atomic E-state index is -0.519. The summed E-state index contributed by atoms with van der Waals surface area (Å²) in [6.07, 6.45) is 0. The van der Waals surface area contributed by atoms with Crippen LogP contribution in [0.1, 0.15) is 28.7 Å². The number of thioether (sulfide) groups is 1. The highest BCUT2D eigenvalue weighted by Gasteiger charge is 2.17. The second kappa shape index (κ2) is 11.3. The minimum Gasteiger partial charge on any atom is -0.345 e. The Kier molecular flexibility index (Phi) is 8.48. The van der Waals surface area contributed by atoms with Crippen molar-refractivity contribution in [3.8, 4) is 0 Å². The van der Waals surface area contributed by atoms with Gasteiger partial charge in [0.15, 0.2) is 11.0 Å². The summed E-state index contributed by atoms with van der Waals surface area (Å²) >= 11 is 13.1. The van der Waals surface area contributed by atoms with Crippen LogP contribution in [0.4, 0.5) is 11.4 Å². The molecule has 0 saturated carbocycles. The third-order valence-electron chi connectivity index (χ3n) is 4.73.